The van der Waals surface area contributed by atoms with Crippen molar-refractivity contribution >= 4 is 16.0 Å². The molecule has 0 spiro atoms. The highest BCUT2D eigenvalue weighted by Gasteiger charge is 2.44. The average molecular weight is 485 g/mol. The van der Waals surface area contributed by atoms with Crippen LogP contribution in [0, 0.1) is 5.92 Å². The van der Waals surface area contributed by atoms with Gasteiger partial charge in [-0.15, -0.1) is 0 Å². The van der Waals surface area contributed by atoms with E-state index in [-0.39, 0.29) is 35.8 Å². The Labute approximate surface area is 188 Å². The van der Waals surface area contributed by atoms with Gasteiger partial charge in [-0.1, -0.05) is 6.92 Å². The number of morpholine rings is 1. The quantitative estimate of drug-likeness (QED) is 0.572. The zero-order valence-electron chi connectivity index (χ0n) is 18.2. The molecule has 0 amide bonds. The largest absolute Gasteiger partial charge is 0.411 e. The number of fused-ring (bicyclic) bond motifs is 1. The SMILES string of the molecule is CC1C(CS(=O)C2=NC3CC(F)C(N4CCOCC4)CC3N2)NCCC1OCC(F)(F)F. The molecule has 1 aliphatic carbocycles. The van der Waals surface area contributed by atoms with Gasteiger partial charge in [0.15, 0.2) is 5.17 Å². The second-order valence-electron chi connectivity index (χ2n) is 9.14. The number of halogens is 4. The van der Waals surface area contributed by atoms with Gasteiger partial charge < -0.3 is 20.1 Å². The molecule has 2 N–H and O–H groups in total. The van der Waals surface area contributed by atoms with E-state index in [1.165, 1.54) is 0 Å². The van der Waals surface area contributed by atoms with Crippen molar-refractivity contribution in [2.75, 3.05) is 45.2 Å². The molecule has 7 nitrogen and oxygen atoms in total. The predicted molar refractivity (Wildman–Crippen MR) is 113 cm³/mol. The Morgan fingerprint density at radius 2 is 2.03 bits per heavy atom. The van der Waals surface area contributed by atoms with Crippen molar-refractivity contribution in [3.63, 3.8) is 0 Å². The summed E-state index contributed by atoms with van der Waals surface area (Å²) >= 11 is 0. The maximum Gasteiger partial charge on any atom is 0.411 e. The van der Waals surface area contributed by atoms with Crippen LogP contribution in [0.5, 0.6) is 0 Å². The van der Waals surface area contributed by atoms with E-state index < -0.39 is 35.9 Å². The molecule has 8 unspecified atom stereocenters. The third kappa shape index (κ3) is 5.81. The Kier molecular flexibility index (Phi) is 7.75. The minimum absolute atomic E-state index is 0.0478. The number of amidine groups is 1. The Bertz CT molecular complexity index is 707. The standard InChI is InChI=1S/C20H32F4N4O3S/c1-12-16(25-3-2-18(12)31-11-20(22,23)24)10-32(29)19-26-14-8-13(21)17(9-15(14)27-19)28-4-6-30-7-5-28/h12-18,25H,2-11H2,1H3,(H,26,27). The third-order valence-electron chi connectivity index (χ3n) is 7.01. The number of ether oxygens (including phenoxy) is 2. The smallest absolute Gasteiger partial charge is 0.379 e. The van der Waals surface area contributed by atoms with Crippen molar-refractivity contribution in [3.05, 3.63) is 0 Å². The highest BCUT2D eigenvalue weighted by atomic mass is 32.2. The summed E-state index contributed by atoms with van der Waals surface area (Å²) in [6, 6.07) is -0.721. The molecule has 0 bridgehead atoms. The van der Waals surface area contributed by atoms with Crippen molar-refractivity contribution in [2.45, 2.75) is 68.8 Å². The summed E-state index contributed by atoms with van der Waals surface area (Å²) < 4.78 is 75.9. The average Bonchev–Trinajstić information content (AvgIpc) is 3.16. The Balaban J connectivity index is 1.31. The number of rotatable bonds is 5. The molecule has 0 aromatic rings. The van der Waals surface area contributed by atoms with Gasteiger partial charge in [-0.2, -0.15) is 13.2 Å². The van der Waals surface area contributed by atoms with Crippen LogP contribution < -0.4 is 10.6 Å². The van der Waals surface area contributed by atoms with Crippen LogP contribution in [-0.2, 0) is 20.3 Å². The Morgan fingerprint density at radius 3 is 2.75 bits per heavy atom. The Hall–Kier alpha value is -0.820. The minimum Gasteiger partial charge on any atom is -0.379 e. The molecule has 184 valence electrons. The maximum absolute atomic E-state index is 14.9. The van der Waals surface area contributed by atoms with E-state index in [2.05, 4.69) is 20.5 Å². The molecule has 0 radical (unpaired) electrons. The predicted octanol–water partition coefficient (Wildman–Crippen LogP) is 1.21. The molecular formula is C20H32F4N4O3S. The summed E-state index contributed by atoms with van der Waals surface area (Å²) in [5.74, 6) is 0.00446. The molecular weight excluding hydrogens is 452 g/mol. The minimum atomic E-state index is -4.37. The summed E-state index contributed by atoms with van der Waals surface area (Å²) in [6.07, 6.45) is -4.52. The van der Waals surface area contributed by atoms with Gasteiger partial charge in [0.1, 0.15) is 12.8 Å². The first-order chi connectivity index (χ1) is 15.2. The van der Waals surface area contributed by atoms with Crippen LogP contribution in [0.2, 0.25) is 0 Å². The molecule has 4 aliphatic rings. The van der Waals surface area contributed by atoms with Crippen LogP contribution in [0.1, 0.15) is 26.2 Å². The van der Waals surface area contributed by atoms with Crippen LogP contribution in [-0.4, -0.2) is 102 Å². The van der Waals surface area contributed by atoms with Gasteiger partial charge >= 0.3 is 6.18 Å². The van der Waals surface area contributed by atoms with Gasteiger partial charge in [-0.25, -0.2) is 4.39 Å². The van der Waals surface area contributed by atoms with Gasteiger partial charge in [0.05, 0.1) is 42.2 Å². The number of aliphatic imine (C=N–C) groups is 1. The van der Waals surface area contributed by atoms with E-state index in [4.69, 9.17) is 9.47 Å². The number of nitrogens with zero attached hydrogens (tertiary/aromatic N) is 2. The van der Waals surface area contributed by atoms with E-state index in [1.54, 1.807) is 0 Å². The number of hydrogen-bond acceptors (Lipinski definition) is 7. The van der Waals surface area contributed by atoms with Crippen LogP contribution in [0.15, 0.2) is 4.99 Å². The first kappa shape index (κ1) is 24.3. The van der Waals surface area contributed by atoms with Crippen LogP contribution >= 0.6 is 0 Å². The van der Waals surface area contributed by atoms with Crippen LogP contribution in [0.25, 0.3) is 0 Å². The molecule has 3 fully saturated rings. The molecule has 12 heteroatoms. The van der Waals surface area contributed by atoms with Crippen molar-refractivity contribution in [1.29, 1.82) is 0 Å². The van der Waals surface area contributed by atoms with Crippen molar-refractivity contribution in [1.82, 2.24) is 15.5 Å². The summed E-state index contributed by atoms with van der Waals surface area (Å²) in [4.78, 5) is 6.67. The lowest BCUT2D eigenvalue weighted by molar-refractivity contribution is -0.193. The van der Waals surface area contributed by atoms with Gasteiger partial charge in [0.25, 0.3) is 0 Å². The monoisotopic (exact) mass is 484 g/mol. The molecule has 32 heavy (non-hydrogen) atoms. The van der Waals surface area contributed by atoms with E-state index in [1.807, 2.05) is 6.92 Å². The molecule has 2 saturated heterocycles. The van der Waals surface area contributed by atoms with Crippen LogP contribution in [0.4, 0.5) is 17.6 Å². The van der Waals surface area contributed by atoms with Gasteiger partial charge in [0.2, 0.25) is 0 Å². The maximum atomic E-state index is 14.9. The summed E-state index contributed by atoms with van der Waals surface area (Å²) in [6.45, 7) is 3.69. The molecule has 4 rings (SSSR count). The zero-order chi connectivity index (χ0) is 22.9. The second kappa shape index (κ2) is 10.2. The van der Waals surface area contributed by atoms with Crippen molar-refractivity contribution in [2.24, 2.45) is 10.9 Å². The lowest BCUT2D eigenvalue weighted by atomic mass is 9.85. The number of alkyl halides is 4. The van der Waals surface area contributed by atoms with Crippen LogP contribution in [0.3, 0.4) is 0 Å². The fourth-order valence-corrected chi connectivity index (χ4v) is 6.62. The highest BCUT2D eigenvalue weighted by Crippen LogP contribution is 2.32. The van der Waals surface area contributed by atoms with Crippen molar-refractivity contribution < 1.29 is 31.2 Å². The van der Waals surface area contributed by atoms with E-state index in [9.17, 15) is 21.8 Å². The first-order valence-corrected chi connectivity index (χ1v) is 12.6. The molecule has 1 saturated carbocycles. The fraction of sp³-hybridized carbons (Fsp3) is 0.950. The Morgan fingerprint density at radius 1 is 1.28 bits per heavy atom. The second-order valence-corrected chi connectivity index (χ2v) is 10.6. The van der Waals surface area contributed by atoms with Gasteiger partial charge in [-0.3, -0.25) is 14.1 Å². The molecule has 8 atom stereocenters. The molecule has 3 heterocycles. The topological polar surface area (TPSA) is 75.2 Å². The number of nitrogens with one attached hydrogen (secondary N) is 2. The normalized spacial score (nSPS) is 39.8. The molecule has 3 aliphatic heterocycles. The van der Waals surface area contributed by atoms with E-state index >= 15 is 0 Å². The molecule has 0 aromatic carbocycles. The fourth-order valence-electron chi connectivity index (χ4n) is 5.18. The first-order valence-electron chi connectivity index (χ1n) is 11.3. The summed E-state index contributed by atoms with van der Waals surface area (Å²) in [5.41, 5.74) is 0. The number of piperidine rings is 1. The van der Waals surface area contributed by atoms with Crippen molar-refractivity contribution in [3.8, 4) is 0 Å². The summed E-state index contributed by atoms with van der Waals surface area (Å²) in [7, 11) is -1.45. The lowest BCUT2D eigenvalue weighted by Crippen LogP contribution is -2.56. The summed E-state index contributed by atoms with van der Waals surface area (Å²) in [5, 5.41) is 6.89. The zero-order valence-corrected chi connectivity index (χ0v) is 19.0. The van der Waals surface area contributed by atoms with Gasteiger partial charge in [0, 0.05) is 37.3 Å². The number of hydrogen-bond donors (Lipinski definition) is 2. The lowest BCUT2D eigenvalue weighted by Gasteiger charge is -2.41. The highest BCUT2D eigenvalue weighted by molar-refractivity contribution is 8.00. The third-order valence-corrected chi connectivity index (χ3v) is 8.33. The van der Waals surface area contributed by atoms with Gasteiger partial charge in [-0.05, 0) is 25.3 Å². The van der Waals surface area contributed by atoms with E-state index in [0.29, 0.717) is 57.3 Å². The molecule has 0 aromatic heterocycles. The van der Waals surface area contributed by atoms with E-state index in [0.717, 1.165) is 0 Å².